The molecule has 0 unspecified atom stereocenters. The average molecular weight is 193 g/mol. The fourth-order valence-electron chi connectivity index (χ4n) is 1.09. The van der Waals surface area contributed by atoms with Gasteiger partial charge >= 0.3 is 0 Å². The van der Waals surface area contributed by atoms with Gasteiger partial charge in [0.2, 0.25) is 0 Å². The van der Waals surface area contributed by atoms with Crippen molar-refractivity contribution in [1.29, 1.82) is 0 Å². The lowest BCUT2D eigenvalue weighted by Gasteiger charge is -1.96. The van der Waals surface area contributed by atoms with Gasteiger partial charge in [0.15, 0.2) is 0 Å². The molecular weight excluding hydrogens is 182 g/mol. The predicted molar refractivity (Wildman–Crippen MR) is 49.4 cm³/mol. The fourth-order valence-corrected chi connectivity index (χ4v) is 1.09. The van der Waals surface area contributed by atoms with Crippen LogP contribution in [0.15, 0.2) is 12.4 Å². The zero-order chi connectivity index (χ0) is 9.80. The van der Waals surface area contributed by atoms with Crippen molar-refractivity contribution in [2.24, 2.45) is 0 Å². The van der Waals surface area contributed by atoms with Crippen LogP contribution >= 0.6 is 0 Å². The Balaban J connectivity index is 1.92. The van der Waals surface area contributed by atoms with Gasteiger partial charge in [-0.25, -0.2) is 0 Å². The van der Waals surface area contributed by atoms with Crippen LogP contribution in [0.3, 0.4) is 0 Å². The summed E-state index contributed by atoms with van der Waals surface area (Å²) in [5.41, 5.74) is 1.09. The van der Waals surface area contributed by atoms with Crippen molar-refractivity contribution in [3.05, 3.63) is 18.0 Å². The molecule has 2 rings (SSSR count). The van der Waals surface area contributed by atoms with Gasteiger partial charge in [0, 0.05) is 24.8 Å². The first-order valence-corrected chi connectivity index (χ1v) is 4.37. The Hall–Kier alpha value is -1.92. The predicted octanol–water partition coefficient (Wildman–Crippen LogP) is 0.0282. The highest BCUT2D eigenvalue weighted by molar-refractivity contribution is 5.21. The van der Waals surface area contributed by atoms with Gasteiger partial charge in [-0.05, 0) is 12.1 Å². The Morgan fingerprint density at radius 2 is 2.50 bits per heavy atom. The molecule has 14 heavy (non-hydrogen) atoms. The Labute approximate surface area is 80.5 Å². The minimum atomic E-state index is 0.495. The first-order chi connectivity index (χ1) is 6.88. The van der Waals surface area contributed by atoms with Crippen molar-refractivity contribution >= 4 is 5.95 Å². The summed E-state index contributed by atoms with van der Waals surface area (Å²) < 4.78 is 1.87. The summed E-state index contributed by atoms with van der Waals surface area (Å²) in [6, 6.07) is 0. The van der Waals surface area contributed by atoms with Crippen LogP contribution in [-0.2, 0) is 13.1 Å². The number of tetrazole rings is 1. The molecule has 7 heteroatoms. The molecule has 0 saturated heterocycles. The molecule has 7 nitrogen and oxygen atoms in total. The number of H-pyrrole nitrogens is 1. The molecule has 0 bridgehead atoms. The van der Waals surface area contributed by atoms with E-state index in [4.69, 9.17) is 0 Å². The van der Waals surface area contributed by atoms with E-state index in [1.165, 1.54) is 0 Å². The zero-order valence-electron chi connectivity index (χ0n) is 7.80. The number of aromatic amines is 1. The molecule has 0 radical (unpaired) electrons. The number of nitrogens with zero attached hydrogens (tertiary/aromatic N) is 5. The van der Waals surface area contributed by atoms with E-state index in [1.807, 2.05) is 24.0 Å². The third-order valence-corrected chi connectivity index (χ3v) is 1.81. The highest BCUT2D eigenvalue weighted by atomic mass is 15.5. The molecule has 2 heterocycles. The third-order valence-electron chi connectivity index (χ3n) is 1.81. The second kappa shape index (κ2) is 3.86. The van der Waals surface area contributed by atoms with Gasteiger partial charge in [0.1, 0.15) is 0 Å². The van der Waals surface area contributed by atoms with Gasteiger partial charge in [-0.2, -0.15) is 10.3 Å². The topological polar surface area (TPSA) is 84.3 Å². The molecule has 0 atom stereocenters. The normalized spacial score (nSPS) is 10.4. The van der Waals surface area contributed by atoms with Crippen molar-refractivity contribution in [3.8, 4) is 0 Å². The Kier molecular flexibility index (Phi) is 2.39. The van der Waals surface area contributed by atoms with Crippen molar-refractivity contribution in [3.63, 3.8) is 0 Å². The van der Waals surface area contributed by atoms with Crippen LogP contribution in [0, 0.1) is 0 Å². The van der Waals surface area contributed by atoms with Crippen LogP contribution in [0.2, 0.25) is 0 Å². The number of hydrogen-bond acceptors (Lipinski definition) is 5. The van der Waals surface area contributed by atoms with E-state index in [1.54, 1.807) is 0 Å². The number of hydrogen-bond donors (Lipinski definition) is 2. The van der Waals surface area contributed by atoms with E-state index < -0.39 is 0 Å². The van der Waals surface area contributed by atoms with Crippen LogP contribution in [0.5, 0.6) is 0 Å². The second-order valence-corrected chi connectivity index (χ2v) is 2.79. The summed E-state index contributed by atoms with van der Waals surface area (Å²) in [6.07, 6.45) is 3.80. The summed E-state index contributed by atoms with van der Waals surface area (Å²) in [6.45, 7) is 3.57. The molecule has 0 aliphatic heterocycles. The molecule has 0 aromatic carbocycles. The van der Waals surface area contributed by atoms with Gasteiger partial charge in [-0.15, -0.1) is 5.10 Å². The molecular formula is C7H11N7. The third kappa shape index (κ3) is 1.87. The van der Waals surface area contributed by atoms with Gasteiger partial charge in [0.25, 0.3) is 5.95 Å². The van der Waals surface area contributed by atoms with Gasteiger partial charge in [-0.3, -0.25) is 4.68 Å². The van der Waals surface area contributed by atoms with E-state index in [2.05, 4.69) is 31.0 Å². The second-order valence-electron chi connectivity index (χ2n) is 2.79. The van der Waals surface area contributed by atoms with Crippen molar-refractivity contribution < 1.29 is 0 Å². The molecule has 2 aromatic heterocycles. The fraction of sp³-hybridized carbons (Fsp3) is 0.429. The first kappa shape index (κ1) is 8.67. The molecule has 0 aliphatic carbocycles. The van der Waals surface area contributed by atoms with Crippen molar-refractivity contribution in [1.82, 2.24) is 30.4 Å². The van der Waals surface area contributed by atoms with E-state index >= 15 is 0 Å². The summed E-state index contributed by atoms with van der Waals surface area (Å²) in [7, 11) is 0. The number of rotatable bonds is 4. The number of aromatic nitrogens is 6. The van der Waals surface area contributed by atoms with Crippen LogP contribution in [0.1, 0.15) is 12.5 Å². The summed E-state index contributed by atoms with van der Waals surface area (Å²) in [4.78, 5) is 0. The quantitative estimate of drug-likeness (QED) is 0.715. The largest absolute Gasteiger partial charge is 0.347 e. The lowest BCUT2D eigenvalue weighted by Crippen LogP contribution is -2.00. The smallest absolute Gasteiger partial charge is 0.263 e. The molecule has 0 amide bonds. The molecule has 74 valence electrons. The highest BCUT2D eigenvalue weighted by Crippen LogP contribution is 2.00. The van der Waals surface area contributed by atoms with E-state index in [-0.39, 0.29) is 0 Å². The van der Waals surface area contributed by atoms with Crippen LogP contribution in [-0.4, -0.2) is 30.4 Å². The van der Waals surface area contributed by atoms with Crippen molar-refractivity contribution in [2.45, 2.75) is 20.0 Å². The van der Waals surface area contributed by atoms with E-state index in [9.17, 15) is 0 Å². The number of anilines is 1. The first-order valence-electron chi connectivity index (χ1n) is 4.37. The standard InChI is InChI=1S/C7H11N7/c1-2-14-5-6(4-9-14)3-8-7-10-12-13-11-7/h4-5H,2-3H2,1H3,(H2,8,10,11,12,13). The van der Waals surface area contributed by atoms with E-state index in [0.717, 1.165) is 12.1 Å². The maximum Gasteiger partial charge on any atom is 0.263 e. The maximum atomic E-state index is 4.15. The summed E-state index contributed by atoms with van der Waals surface area (Å²) in [5.74, 6) is 0.495. The minimum Gasteiger partial charge on any atom is -0.347 e. The van der Waals surface area contributed by atoms with E-state index in [0.29, 0.717) is 12.5 Å². The van der Waals surface area contributed by atoms with Gasteiger partial charge in [-0.1, -0.05) is 5.10 Å². The molecule has 0 aliphatic rings. The Bertz CT molecular complexity index is 376. The van der Waals surface area contributed by atoms with Crippen LogP contribution < -0.4 is 5.32 Å². The van der Waals surface area contributed by atoms with Crippen LogP contribution in [0.4, 0.5) is 5.95 Å². The molecule has 0 saturated carbocycles. The maximum absolute atomic E-state index is 4.15. The van der Waals surface area contributed by atoms with Gasteiger partial charge < -0.3 is 5.32 Å². The lowest BCUT2D eigenvalue weighted by atomic mass is 10.4. The Morgan fingerprint density at radius 3 is 3.14 bits per heavy atom. The Morgan fingerprint density at radius 1 is 1.57 bits per heavy atom. The lowest BCUT2D eigenvalue weighted by molar-refractivity contribution is 0.659. The molecule has 0 fully saturated rings. The summed E-state index contributed by atoms with van der Waals surface area (Å²) >= 11 is 0. The molecule has 0 spiro atoms. The van der Waals surface area contributed by atoms with Crippen LogP contribution in [0.25, 0.3) is 0 Å². The molecule has 2 aromatic rings. The number of nitrogens with one attached hydrogen (secondary N) is 2. The van der Waals surface area contributed by atoms with Gasteiger partial charge in [0.05, 0.1) is 6.20 Å². The van der Waals surface area contributed by atoms with Crippen molar-refractivity contribution in [2.75, 3.05) is 5.32 Å². The SMILES string of the molecule is CCn1cc(CNc2nn[nH]n2)cn1. The summed E-state index contributed by atoms with van der Waals surface area (Å²) in [5, 5.41) is 20.5. The zero-order valence-corrected chi connectivity index (χ0v) is 7.80. The average Bonchev–Trinajstić information content (AvgIpc) is 2.86. The minimum absolute atomic E-state index is 0.495. The molecule has 2 N–H and O–H groups in total. The number of aryl methyl sites for hydroxylation is 1. The highest BCUT2D eigenvalue weighted by Gasteiger charge is 1.99. The monoisotopic (exact) mass is 193 g/mol.